The number of aryl methyl sites for hydroxylation is 1. The van der Waals surface area contributed by atoms with Crippen molar-refractivity contribution in [1.29, 1.82) is 0 Å². The molecule has 0 aliphatic heterocycles. The number of rotatable bonds is 3. The zero-order chi connectivity index (χ0) is 11.8. The van der Waals surface area contributed by atoms with Gasteiger partial charge in [0.05, 0.1) is 6.20 Å². The minimum Gasteiger partial charge on any atom is -0.350 e. The molecule has 2 aromatic heterocycles. The molecule has 0 unspecified atom stereocenters. The first-order valence-corrected chi connectivity index (χ1v) is 5.83. The monoisotopic (exact) mass is 230 g/mol. The van der Waals surface area contributed by atoms with Crippen molar-refractivity contribution in [3.8, 4) is 0 Å². The van der Waals surface area contributed by atoms with Gasteiger partial charge in [0, 0.05) is 18.3 Å². The fourth-order valence-corrected chi connectivity index (χ4v) is 1.85. The van der Waals surface area contributed by atoms with E-state index >= 15 is 0 Å². The minimum absolute atomic E-state index is 0.0731. The molecule has 0 saturated heterocycles. The minimum atomic E-state index is -0.0731. The summed E-state index contributed by atoms with van der Waals surface area (Å²) in [7, 11) is 0. The van der Waals surface area contributed by atoms with Gasteiger partial charge in [0.1, 0.15) is 5.69 Å². The van der Waals surface area contributed by atoms with E-state index in [1.165, 1.54) is 12.8 Å². The lowest BCUT2D eigenvalue weighted by atomic mass is 10.3. The van der Waals surface area contributed by atoms with E-state index in [1.54, 1.807) is 22.8 Å². The lowest BCUT2D eigenvalue weighted by molar-refractivity contribution is 0.0944. The number of nitrogens with zero attached hydrogens (tertiary/aromatic N) is 3. The standard InChI is InChI=1S/C12H14N4O/c1-8-6-10(12(17)13-7-9-2-3-9)16-11(15-8)4-5-14-16/h4-6,9H,2-3,7H2,1H3,(H,13,17). The predicted octanol–water partition coefficient (Wildman–Crippen LogP) is 1.18. The molecule has 0 spiro atoms. The number of fused-ring (bicyclic) bond motifs is 1. The van der Waals surface area contributed by atoms with Crippen LogP contribution in [0.25, 0.3) is 5.65 Å². The molecule has 88 valence electrons. The molecule has 5 heteroatoms. The summed E-state index contributed by atoms with van der Waals surface area (Å²) in [6.45, 7) is 2.65. The van der Waals surface area contributed by atoms with Crippen LogP contribution in [0.2, 0.25) is 0 Å². The number of hydrogen-bond acceptors (Lipinski definition) is 3. The summed E-state index contributed by atoms with van der Waals surface area (Å²) in [4.78, 5) is 16.3. The molecule has 0 aromatic carbocycles. The summed E-state index contributed by atoms with van der Waals surface area (Å²) in [6.07, 6.45) is 4.11. The van der Waals surface area contributed by atoms with E-state index in [-0.39, 0.29) is 5.91 Å². The number of amides is 1. The van der Waals surface area contributed by atoms with Gasteiger partial charge in [0.2, 0.25) is 0 Å². The van der Waals surface area contributed by atoms with Crippen molar-refractivity contribution in [2.45, 2.75) is 19.8 Å². The van der Waals surface area contributed by atoms with Crippen LogP contribution < -0.4 is 5.32 Å². The molecule has 1 fully saturated rings. The summed E-state index contributed by atoms with van der Waals surface area (Å²) in [6, 6.07) is 3.56. The van der Waals surface area contributed by atoms with E-state index in [1.807, 2.05) is 6.92 Å². The Bertz CT molecular complexity index is 571. The second-order valence-corrected chi connectivity index (χ2v) is 4.54. The van der Waals surface area contributed by atoms with Crippen LogP contribution in [0.15, 0.2) is 18.3 Å². The maximum absolute atomic E-state index is 12.0. The fraction of sp³-hybridized carbons (Fsp3) is 0.417. The first-order valence-electron chi connectivity index (χ1n) is 5.83. The highest BCUT2D eigenvalue weighted by atomic mass is 16.2. The molecule has 1 aliphatic carbocycles. The molecule has 3 rings (SSSR count). The normalized spacial score (nSPS) is 15.1. The Hall–Kier alpha value is -1.91. The van der Waals surface area contributed by atoms with E-state index in [2.05, 4.69) is 15.4 Å². The average Bonchev–Trinajstić information content (AvgIpc) is 3.02. The summed E-state index contributed by atoms with van der Waals surface area (Å²) in [5.41, 5.74) is 2.09. The number of carbonyl (C=O) groups excluding carboxylic acids is 1. The molecule has 5 nitrogen and oxygen atoms in total. The zero-order valence-electron chi connectivity index (χ0n) is 9.68. The maximum atomic E-state index is 12.0. The van der Waals surface area contributed by atoms with Gasteiger partial charge in [-0.25, -0.2) is 9.50 Å². The molecule has 1 amide bonds. The number of hydrogen-bond donors (Lipinski definition) is 1. The van der Waals surface area contributed by atoms with E-state index in [0.717, 1.165) is 12.2 Å². The Morgan fingerprint density at radius 2 is 2.41 bits per heavy atom. The molecule has 0 bridgehead atoms. The van der Waals surface area contributed by atoms with Crippen LogP contribution in [0.4, 0.5) is 0 Å². The molecular formula is C12H14N4O. The largest absolute Gasteiger partial charge is 0.350 e. The molecule has 2 aromatic rings. The van der Waals surface area contributed by atoms with Crippen molar-refractivity contribution in [2.24, 2.45) is 5.92 Å². The highest BCUT2D eigenvalue weighted by Gasteiger charge is 2.22. The molecule has 1 saturated carbocycles. The van der Waals surface area contributed by atoms with Crippen LogP contribution in [0.3, 0.4) is 0 Å². The molecule has 0 radical (unpaired) electrons. The van der Waals surface area contributed by atoms with Gasteiger partial charge in [0.25, 0.3) is 5.91 Å². The fourth-order valence-electron chi connectivity index (χ4n) is 1.85. The van der Waals surface area contributed by atoms with Crippen LogP contribution in [0.5, 0.6) is 0 Å². The SMILES string of the molecule is Cc1cc(C(=O)NCC2CC2)n2nccc2n1. The summed E-state index contributed by atoms with van der Waals surface area (Å²) >= 11 is 0. The van der Waals surface area contributed by atoms with Crippen molar-refractivity contribution in [3.63, 3.8) is 0 Å². The van der Waals surface area contributed by atoms with Crippen LogP contribution in [-0.2, 0) is 0 Å². The smallest absolute Gasteiger partial charge is 0.270 e. The number of aromatic nitrogens is 3. The van der Waals surface area contributed by atoms with Gasteiger partial charge in [0.15, 0.2) is 5.65 Å². The van der Waals surface area contributed by atoms with E-state index in [9.17, 15) is 4.79 Å². The average molecular weight is 230 g/mol. The number of nitrogens with one attached hydrogen (secondary N) is 1. The lowest BCUT2D eigenvalue weighted by Gasteiger charge is -2.06. The van der Waals surface area contributed by atoms with Gasteiger partial charge in [-0.1, -0.05) is 0 Å². The van der Waals surface area contributed by atoms with Crippen LogP contribution in [0.1, 0.15) is 29.0 Å². The molecule has 1 aliphatic rings. The third-order valence-corrected chi connectivity index (χ3v) is 2.97. The summed E-state index contributed by atoms with van der Waals surface area (Å²) in [5, 5.41) is 7.06. The third kappa shape index (κ3) is 2.00. The third-order valence-electron chi connectivity index (χ3n) is 2.97. The molecular weight excluding hydrogens is 216 g/mol. The van der Waals surface area contributed by atoms with Gasteiger partial charge < -0.3 is 5.32 Å². The second kappa shape index (κ2) is 3.84. The Morgan fingerprint density at radius 1 is 1.59 bits per heavy atom. The first kappa shape index (κ1) is 10.3. The highest BCUT2D eigenvalue weighted by molar-refractivity contribution is 5.93. The van der Waals surface area contributed by atoms with Crippen molar-refractivity contribution in [3.05, 3.63) is 29.7 Å². The van der Waals surface area contributed by atoms with Crippen molar-refractivity contribution < 1.29 is 4.79 Å². The number of carbonyl (C=O) groups is 1. The van der Waals surface area contributed by atoms with E-state index in [4.69, 9.17) is 0 Å². The molecule has 0 atom stereocenters. The van der Waals surface area contributed by atoms with Crippen molar-refractivity contribution >= 4 is 11.6 Å². The van der Waals surface area contributed by atoms with Gasteiger partial charge in [-0.2, -0.15) is 5.10 Å². The van der Waals surface area contributed by atoms with Crippen LogP contribution in [0, 0.1) is 12.8 Å². The quantitative estimate of drug-likeness (QED) is 0.861. The Morgan fingerprint density at radius 3 is 3.18 bits per heavy atom. The summed E-state index contributed by atoms with van der Waals surface area (Å²) in [5.74, 6) is 0.603. The van der Waals surface area contributed by atoms with E-state index in [0.29, 0.717) is 17.3 Å². The van der Waals surface area contributed by atoms with Crippen LogP contribution >= 0.6 is 0 Å². The zero-order valence-corrected chi connectivity index (χ0v) is 9.68. The maximum Gasteiger partial charge on any atom is 0.270 e. The second-order valence-electron chi connectivity index (χ2n) is 4.54. The Balaban J connectivity index is 1.91. The highest BCUT2D eigenvalue weighted by Crippen LogP contribution is 2.27. The van der Waals surface area contributed by atoms with Crippen LogP contribution in [-0.4, -0.2) is 27.0 Å². The van der Waals surface area contributed by atoms with Crippen molar-refractivity contribution in [1.82, 2.24) is 19.9 Å². The Kier molecular flexibility index (Phi) is 2.31. The molecule has 1 N–H and O–H groups in total. The van der Waals surface area contributed by atoms with Gasteiger partial charge in [-0.3, -0.25) is 4.79 Å². The van der Waals surface area contributed by atoms with Crippen molar-refractivity contribution in [2.75, 3.05) is 6.54 Å². The lowest BCUT2D eigenvalue weighted by Crippen LogP contribution is -2.28. The molecule has 2 heterocycles. The predicted molar refractivity (Wildman–Crippen MR) is 62.8 cm³/mol. The molecule has 17 heavy (non-hydrogen) atoms. The first-order chi connectivity index (χ1) is 8.24. The van der Waals surface area contributed by atoms with Gasteiger partial charge in [-0.05, 0) is 31.7 Å². The van der Waals surface area contributed by atoms with E-state index < -0.39 is 0 Å². The topological polar surface area (TPSA) is 59.3 Å². The summed E-state index contributed by atoms with van der Waals surface area (Å²) < 4.78 is 1.58. The van der Waals surface area contributed by atoms with Gasteiger partial charge in [-0.15, -0.1) is 0 Å². The Labute approximate surface area is 98.9 Å². The van der Waals surface area contributed by atoms with Gasteiger partial charge >= 0.3 is 0 Å².